The molecule has 3 heteroatoms. The van der Waals surface area contributed by atoms with Crippen LogP contribution in [0.3, 0.4) is 0 Å². The molecular weight excluding hydrogens is 326 g/mol. The Labute approximate surface area is 134 Å². The quantitative estimate of drug-likeness (QED) is 0.787. The van der Waals surface area contributed by atoms with E-state index in [9.17, 15) is 0 Å². The van der Waals surface area contributed by atoms with Crippen molar-refractivity contribution in [3.05, 3.63) is 57.6 Å². The SMILES string of the molecule is Cc1ccc(NC2CCCOc3cc(Br)ccc32)c(C)c1. The molecule has 0 fully saturated rings. The number of hydrogen-bond donors (Lipinski definition) is 1. The normalized spacial score (nSPS) is 17.6. The number of halogens is 1. The third kappa shape index (κ3) is 3.24. The molecule has 1 aliphatic rings. The van der Waals surface area contributed by atoms with Crippen LogP contribution < -0.4 is 10.1 Å². The second-order valence-corrected chi connectivity index (χ2v) is 6.60. The first-order valence-electron chi connectivity index (χ1n) is 7.39. The first-order chi connectivity index (χ1) is 10.1. The van der Waals surface area contributed by atoms with Crippen LogP contribution in [0.2, 0.25) is 0 Å². The number of benzene rings is 2. The summed E-state index contributed by atoms with van der Waals surface area (Å²) >= 11 is 3.52. The molecular formula is C18H20BrNO. The minimum Gasteiger partial charge on any atom is -0.493 e. The zero-order valence-corrected chi connectivity index (χ0v) is 14.0. The third-order valence-corrected chi connectivity index (χ3v) is 4.45. The molecule has 0 bridgehead atoms. The second-order valence-electron chi connectivity index (χ2n) is 5.69. The molecule has 0 saturated heterocycles. The van der Waals surface area contributed by atoms with Gasteiger partial charge < -0.3 is 10.1 Å². The predicted molar refractivity (Wildman–Crippen MR) is 91.2 cm³/mol. The average Bonchev–Trinajstić information content (AvgIpc) is 2.64. The topological polar surface area (TPSA) is 21.3 Å². The molecule has 2 aromatic carbocycles. The van der Waals surface area contributed by atoms with Gasteiger partial charge in [0.05, 0.1) is 12.6 Å². The van der Waals surface area contributed by atoms with Crippen LogP contribution in [0, 0.1) is 13.8 Å². The first-order valence-corrected chi connectivity index (χ1v) is 8.19. The Morgan fingerprint density at radius 1 is 1.14 bits per heavy atom. The van der Waals surface area contributed by atoms with E-state index in [0.29, 0.717) is 6.04 Å². The molecule has 0 aliphatic carbocycles. The van der Waals surface area contributed by atoms with E-state index in [2.05, 4.69) is 71.5 Å². The van der Waals surface area contributed by atoms with Gasteiger partial charge in [0.2, 0.25) is 0 Å². The zero-order chi connectivity index (χ0) is 14.8. The van der Waals surface area contributed by atoms with Gasteiger partial charge in [-0.3, -0.25) is 0 Å². The Balaban J connectivity index is 1.92. The van der Waals surface area contributed by atoms with Crippen LogP contribution in [0.4, 0.5) is 5.69 Å². The smallest absolute Gasteiger partial charge is 0.125 e. The van der Waals surface area contributed by atoms with Gasteiger partial charge in [-0.25, -0.2) is 0 Å². The summed E-state index contributed by atoms with van der Waals surface area (Å²) in [5.41, 5.74) is 5.04. The molecule has 1 atom stereocenters. The molecule has 2 aromatic rings. The van der Waals surface area contributed by atoms with Crippen LogP contribution in [-0.2, 0) is 0 Å². The minimum absolute atomic E-state index is 0.303. The van der Waals surface area contributed by atoms with Crippen LogP contribution in [0.25, 0.3) is 0 Å². The summed E-state index contributed by atoms with van der Waals surface area (Å²) in [6, 6.07) is 13.2. The maximum atomic E-state index is 5.88. The van der Waals surface area contributed by atoms with E-state index in [1.165, 1.54) is 22.4 Å². The van der Waals surface area contributed by atoms with Gasteiger partial charge in [-0.05, 0) is 50.5 Å². The van der Waals surface area contributed by atoms with Gasteiger partial charge in [0.15, 0.2) is 0 Å². The van der Waals surface area contributed by atoms with Gasteiger partial charge in [0, 0.05) is 15.7 Å². The highest BCUT2D eigenvalue weighted by atomic mass is 79.9. The van der Waals surface area contributed by atoms with Crippen molar-refractivity contribution in [2.24, 2.45) is 0 Å². The highest BCUT2D eigenvalue weighted by Crippen LogP contribution is 2.36. The van der Waals surface area contributed by atoms with Gasteiger partial charge >= 0.3 is 0 Å². The molecule has 110 valence electrons. The lowest BCUT2D eigenvalue weighted by atomic mass is 10.0. The molecule has 1 aliphatic heterocycles. The fourth-order valence-electron chi connectivity index (χ4n) is 2.86. The number of rotatable bonds is 2. The van der Waals surface area contributed by atoms with Crippen molar-refractivity contribution in [2.75, 3.05) is 11.9 Å². The lowest BCUT2D eigenvalue weighted by molar-refractivity contribution is 0.316. The van der Waals surface area contributed by atoms with Crippen LogP contribution in [0.15, 0.2) is 40.9 Å². The van der Waals surface area contributed by atoms with Crippen LogP contribution >= 0.6 is 15.9 Å². The van der Waals surface area contributed by atoms with Gasteiger partial charge in [0.25, 0.3) is 0 Å². The Morgan fingerprint density at radius 2 is 2.00 bits per heavy atom. The summed E-state index contributed by atoms with van der Waals surface area (Å²) in [5, 5.41) is 3.70. The summed E-state index contributed by atoms with van der Waals surface area (Å²) in [5.74, 6) is 0.990. The van der Waals surface area contributed by atoms with E-state index in [1.54, 1.807) is 0 Å². The molecule has 2 nitrogen and oxygen atoms in total. The number of hydrogen-bond acceptors (Lipinski definition) is 2. The number of ether oxygens (including phenoxy) is 1. The lowest BCUT2D eigenvalue weighted by Crippen LogP contribution is -2.11. The maximum Gasteiger partial charge on any atom is 0.125 e. The Bertz CT molecular complexity index is 654. The molecule has 3 rings (SSSR count). The Hall–Kier alpha value is -1.48. The van der Waals surface area contributed by atoms with Crippen molar-refractivity contribution in [3.63, 3.8) is 0 Å². The molecule has 1 N–H and O–H groups in total. The summed E-state index contributed by atoms with van der Waals surface area (Å²) in [6.45, 7) is 5.07. The minimum atomic E-state index is 0.303. The van der Waals surface area contributed by atoms with Crippen molar-refractivity contribution in [2.45, 2.75) is 32.7 Å². The van der Waals surface area contributed by atoms with Crippen molar-refractivity contribution >= 4 is 21.6 Å². The molecule has 0 amide bonds. The van der Waals surface area contributed by atoms with E-state index in [0.717, 1.165) is 29.7 Å². The van der Waals surface area contributed by atoms with E-state index in [-0.39, 0.29) is 0 Å². The fraction of sp³-hybridized carbons (Fsp3) is 0.333. The summed E-state index contributed by atoms with van der Waals surface area (Å²) in [6.07, 6.45) is 2.15. The van der Waals surface area contributed by atoms with Crippen molar-refractivity contribution in [1.29, 1.82) is 0 Å². The molecule has 21 heavy (non-hydrogen) atoms. The highest BCUT2D eigenvalue weighted by Gasteiger charge is 2.20. The van der Waals surface area contributed by atoms with Crippen LogP contribution in [-0.4, -0.2) is 6.61 Å². The van der Waals surface area contributed by atoms with Crippen molar-refractivity contribution < 1.29 is 4.74 Å². The number of fused-ring (bicyclic) bond motifs is 1. The van der Waals surface area contributed by atoms with Crippen LogP contribution in [0.1, 0.15) is 35.6 Å². The monoisotopic (exact) mass is 345 g/mol. The molecule has 0 aromatic heterocycles. The van der Waals surface area contributed by atoms with Crippen LogP contribution in [0.5, 0.6) is 5.75 Å². The first kappa shape index (κ1) is 14.5. The summed E-state index contributed by atoms with van der Waals surface area (Å²) in [4.78, 5) is 0. The average molecular weight is 346 g/mol. The molecule has 1 heterocycles. The maximum absolute atomic E-state index is 5.88. The number of nitrogens with one attached hydrogen (secondary N) is 1. The van der Waals surface area contributed by atoms with E-state index < -0.39 is 0 Å². The van der Waals surface area contributed by atoms with Crippen molar-refractivity contribution in [1.82, 2.24) is 0 Å². The van der Waals surface area contributed by atoms with E-state index in [1.807, 2.05) is 0 Å². The van der Waals surface area contributed by atoms with Gasteiger partial charge in [0.1, 0.15) is 5.75 Å². The third-order valence-electron chi connectivity index (χ3n) is 3.96. The second kappa shape index (κ2) is 6.10. The highest BCUT2D eigenvalue weighted by molar-refractivity contribution is 9.10. The summed E-state index contributed by atoms with van der Waals surface area (Å²) in [7, 11) is 0. The number of aryl methyl sites for hydroxylation is 2. The van der Waals surface area contributed by atoms with Gasteiger partial charge in [-0.1, -0.05) is 39.7 Å². The molecule has 0 saturated carbocycles. The van der Waals surface area contributed by atoms with E-state index in [4.69, 9.17) is 4.74 Å². The standard InChI is InChI=1S/C18H20BrNO/c1-12-5-8-16(13(2)10-12)20-17-4-3-9-21-18-11-14(19)6-7-15(17)18/h5-8,10-11,17,20H,3-4,9H2,1-2H3. The molecule has 1 unspecified atom stereocenters. The van der Waals surface area contributed by atoms with E-state index >= 15 is 0 Å². The largest absolute Gasteiger partial charge is 0.493 e. The zero-order valence-electron chi connectivity index (χ0n) is 12.4. The number of anilines is 1. The summed E-state index contributed by atoms with van der Waals surface area (Å²) < 4.78 is 6.94. The Morgan fingerprint density at radius 3 is 2.81 bits per heavy atom. The fourth-order valence-corrected chi connectivity index (χ4v) is 3.20. The molecule has 0 spiro atoms. The van der Waals surface area contributed by atoms with Gasteiger partial charge in [-0.2, -0.15) is 0 Å². The lowest BCUT2D eigenvalue weighted by Gasteiger charge is -2.21. The van der Waals surface area contributed by atoms with Crippen molar-refractivity contribution in [3.8, 4) is 5.75 Å². The van der Waals surface area contributed by atoms with Gasteiger partial charge in [-0.15, -0.1) is 0 Å². The predicted octanol–water partition coefficient (Wildman–Crippen LogP) is 5.39. The molecule has 0 radical (unpaired) electrons. The Kier molecular flexibility index (Phi) is 4.20.